The third-order valence-electron chi connectivity index (χ3n) is 6.03. The van der Waals surface area contributed by atoms with Crippen LogP contribution in [0, 0.1) is 0 Å². The van der Waals surface area contributed by atoms with Crippen LogP contribution >= 0.6 is 0 Å². The van der Waals surface area contributed by atoms with Gasteiger partial charge in [0.2, 0.25) is 0 Å². The van der Waals surface area contributed by atoms with E-state index in [1.165, 1.54) is 42.9 Å². The largest absolute Gasteiger partial charge is 0.478 e. The Morgan fingerprint density at radius 2 is 1.29 bits per heavy atom. The highest BCUT2D eigenvalue weighted by Gasteiger charge is 2.19. The van der Waals surface area contributed by atoms with E-state index in [0.717, 1.165) is 25.7 Å². The van der Waals surface area contributed by atoms with Gasteiger partial charge in [0.15, 0.2) is 0 Å². The van der Waals surface area contributed by atoms with Gasteiger partial charge in [-0.25, -0.2) is 9.59 Å². The Kier molecular flexibility index (Phi) is 9.45. The van der Waals surface area contributed by atoms with Crippen LogP contribution in [0.2, 0.25) is 0 Å². The van der Waals surface area contributed by atoms with Crippen molar-refractivity contribution in [3.8, 4) is 16.9 Å². The lowest BCUT2D eigenvalue weighted by atomic mass is 9.96. The molecule has 0 saturated carbocycles. The maximum Gasteiger partial charge on any atom is 0.343 e. The van der Waals surface area contributed by atoms with Gasteiger partial charge < -0.3 is 9.84 Å². The van der Waals surface area contributed by atoms with Gasteiger partial charge >= 0.3 is 11.9 Å². The number of ether oxygens (including phenoxy) is 1. The molecule has 3 aromatic rings. The number of carbonyl (C=O) groups excluding carboxylic acids is 1. The van der Waals surface area contributed by atoms with Crippen LogP contribution in [0.5, 0.6) is 5.75 Å². The molecule has 0 atom stereocenters. The normalized spacial score (nSPS) is 10.8. The van der Waals surface area contributed by atoms with Gasteiger partial charge in [0.1, 0.15) is 5.75 Å². The van der Waals surface area contributed by atoms with Gasteiger partial charge in [-0.15, -0.1) is 0 Å². The van der Waals surface area contributed by atoms with E-state index in [0.29, 0.717) is 16.7 Å². The van der Waals surface area contributed by atoms with Gasteiger partial charge in [-0.2, -0.15) is 0 Å². The predicted octanol–water partition coefficient (Wildman–Crippen LogP) is 7.74. The van der Waals surface area contributed by atoms with E-state index in [2.05, 4.69) is 13.8 Å². The van der Waals surface area contributed by atoms with Gasteiger partial charge in [0.05, 0.1) is 11.1 Å². The summed E-state index contributed by atoms with van der Waals surface area (Å²) in [4.78, 5) is 24.8. The number of benzene rings is 3. The monoisotopic (exact) mass is 458 g/mol. The molecule has 0 radical (unpaired) electrons. The molecule has 0 spiro atoms. The van der Waals surface area contributed by atoms with Crippen molar-refractivity contribution >= 4 is 11.9 Å². The smallest absolute Gasteiger partial charge is 0.343 e. The maximum atomic E-state index is 12.9. The zero-order chi connectivity index (χ0) is 24.3. The minimum absolute atomic E-state index is 0.107. The molecule has 0 saturated heterocycles. The number of aryl methyl sites for hydroxylation is 2. The minimum Gasteiger partial charge on any atom is -0.478 e. The number of rotatable bonds is 12. The molecule has 178 valence electrons. The van der Waals surface area contributed by atoms with Crippen LogP contribution in [-0.4, -0.2) is 17.0 Å². The van der Waals surface area contributed by atoms with Crippen LogP contribution in [0.25, 0.3) is 11.1 Å². The fourth-order valence-electron chi connectivity index (χ4n) is 4.05. The first-order valence-electron chi connectivity index (χ1n) is 12.3. The Bertz CT molecular complexity index is 1080. The highest BCUT2D eigenvalue weighted by molar-refractivity contribution is 5.99. The number of hydrogen-bond acceptors (Lipinski definition) is 3. The Morgan fingerprint density at radius 3 is 1.82 bits per heavy atom. The Morgan fingerprint density at radius 1 is 0.735 bits per heavy atom. The number of esters is 1. The van der Waals surface area contributed by atoms with Gasteiger partial charge in [-0.05, 0) is 66.6 Å². The van der Waals surface area contributed by atoms with Gasteiger partial charge in [-0.3, -0.25) is 0 Å². The summed E-state index contributed by atoms with van der Waals surface area (Å²) in [5.74, 6) is -1.31. The van der Waals surface area contributed by atoms with Gasteiger partial charge in [0.25, 0.3) is 0 Å². The number of carboxylic acid groups (broad SMARTS) is 1. The third-order valence-corrected chi connectivity index (χ3v) is 6.03. The molecule has 3 aromatic carbocycles. The lowest BCUT2D eigenvalue weighted by molar-refractivity contribution is 0.0689. The first-order valence-corrected chi connectivity index (χ1v) is 12.3. The van der Waals surface area contributed by atoms with E-state index in [-0.39, 0.29) is 11.3 Å². The molecule has 4 heteroatoms. The Labute approximate surface area is 202 Å². The summed E-state index contributed by atoms with van der Waals surface area (Å²) in [7, 11) is 0. The molecule has 0 aliphatic rings. The van der Waals surface area contributed by atoms with Crippen molar-refractivity contribution in [3.05, 3.63) is 89.0 Å². The highest BCUT2D eigenvalue weighted by Crippen LogP contribution is 2.34. The van der Waals surface area contributed by atoms with Crippen LogP contribution < -0.4 is 4.74 Å². The van der Waals surface area contributed by atoms with Crippen LogP contribution in [0.4, 0.5) is 0 Å². The van der Waals surface area contributed by atoms with Gasteiger partial charge in [0, 0.05) is 5.56 Å². The molecule has 34 heavy (non-hydrogen) atoms. The Balaban J connectivity index is 1.83. The van der Waals surface area contributed by atoms with Crippen molar-refractivity contribution in [3.63, 3.8) is 0 Å². The molecule has 0 unspecified atom stereocenters. The van der Waals surface area contributed by atoms with Crippen molar-refractivity contribution in [2.45, 2.75) is 65.2 Å². The SMILES string of the molecule is CCCCCc1ccc(C(=O)Oc2cccc(C(=O)O)c2-c2ccc(CCCCC)cc2)cc1. The van der Waals surface area contributed by atoms with Gasteiger partial charge in [-0.1, -0.05) is 82.0 Å². The van der Waals surface area contributed by atoms with E-state index in [9.17, 15) is 14.7 Å². The second-order valence-corrected chi connectivity index (χ2v) is 8.68. The van der Waals surface area contributed by atoms with E-state index >= 15 is 0 Å². The molecule has 0 bridgehead atoms. The summed E-state index contributed by atoms with van der Waals surface area (Å²) < 4.78 is 5.72. The molecule has 0 aliphatic heterocycles. The molecular weight excluding hydrogens is 424 g/mol. The van der Waals surface area contributed by atoms with E-state index in [1.807, 2.05) is 36.4 Å². The number of unbranched alkanes of at least 4 members (excludes halogenated alkanes) is 4. The van der Waals surface area contributed by atoms with Crippen LogP contribution in [0.15, 0.2) is 66.7 Å². The Hall–Kier alpha value is -3.40. The standard InChI is InChI=1S/C30H34O4/c1-3-5-7-10-22-14-18-24(19-15-22)28-26(29(31)32)12-9-13-27(28)34-30(33)25-20-16-23(17-21-25)11-8-6-4-2/h9,12-21H,3-8,10-11H2,1-2H3,(H,31,32). The van der Waals surface area contributed by atoms with Crippen molar-refractivity contribution in [1.29, 1.82) is 0 Å². The van der Waals surface area contributed by atoms with Crippen LogP contribution in [-0.2, 0) is 12.8 Å². The van der Waals surface area contributed by atoms with E-state index in [1.54, 1.807) is 24.3 Å². The number of hydrogen-bond donors (Lipinski definition) is 1. The van der Waals surface area contributed by atoms with Crippen molar-refractivity contribution in [1.82, 2.24) is 0 Å². The fraction of sp³-hybridized carbons (Fsp3) is 0.333. The number of carboxylic acids is 1. The van der Waals surface area contributed by atoms with Crippen molar-refractivity contribution in [2.24, 2.45) is 0 Å². The number of aromatic carboxylic acids is 1. The topological polar surface area (TPSA) is 63.6 Å². The highest BCUT2D eigenvalue weighted by atomic mass is 16.5. The second-order valence-electron chi connectivity index (χ2n) is 8.68. The zero-order valence-electron chi connectivity index (χ0n) is 20.2. The van der Waals surface area contributed by atoms with E-state index in [4.69, 9.17) is 4.74 Å². The molecular formula is C30H34O4. The summed E-state index contributed by atoms with van der Waals surface area (Å²) >= 11 is 0. The maximum absolute atomic E-state index is 12.9. The first-order chi connectivity index (χ1) is 16.5. The predicted molar refractivity (Wildman–Crippen MR) is 137 cm³/mol. The second kappa shape index (κ2) is 12.7. The molecule has 1 N–H and O–H groups in total. The molecule has 0 fully saturated rings. The van der Waals surface area contributed by atoms with Crippen molar-refractivity contribution < 1.29 is 19.4 Å². The minimum atomic E-state index is -1.06. The lowest BCUT2D eigenvalue weighted by Gasteiger charge is -2.14. The molecule has 4 nitrogen and oxygen atoms in total. The molecule has 0 amide bonds. The molecule has 0 aliphatic carbocycles. The van der Waals surface area contributed by atoms with Crippen LogP contribution in [0.1, 0.15) is 84.2 Å². The van der Waals surface area contributed by atoms with Crippen LogP contribution in [0.3, 0.4) is 0 Å². The number of carbonyl (C=O) groups is 2. The molecule has 0 heterocycles. The first kappa shape index (κ1) is 25.2. The summed E-state index contributed by atoms with van der Waals surface area (Å²) in [5, 5.41) is 9.78. The zero-order valence-corrected chi connectivity index (χ0v) is 20.2. The summed E-state index contributed by atoms with van der Waals surface area (Å²) in [6, 6.07) is 20.1. The quantitative estimate of drug-likeness (QED) is 0.171. The molecule has 0 aromatic heterocycles. The third kappa shape index (κ3) is 6.80. The fourth-order valence-corrected chi connectivity index (χ4v) is 4.05. The van der Waals surface area contributed by atoms with Crippen molar-refractivity contribution in [2.75, 3.05) is 0 Å². The summed E-state index contributed by atoms with van der Waals surface area (Å²) in [6.45, 7) is 4.35. The average molecular weight is 459 g/mol. The summed E-state index contributed by atoms with van der Waals surface area (Å²) in [5.41, 5.74) is 4.08. The van der Waals surface area contributed by atoms with E-state index < -0.39 is 11.9 Å². The lowest BCUT2D eigenvalue weighted by Crippen LogP contribution is -2.11. The molecule has 3 rings (SSSR count). The summed E-state index contributed by atoms with van der Waals surface area (Å²) in [6.07, 6.45) is 8.94. The average Bonchev–Trinajstić information content (AvgIpc) is 2.85.